The van der Waals surface area contributed by atoms with Gasteiger partial charge >= 0.3 is 6.18 Å². The standard InChI is InChI=1S/C17H13F3N4/c18-17(19,20)13-6-7-22-15(10-13)24-16-9-12(8-14(21)23-16)11-4-2-1-3-5-11/h1-10H,(H3,21,22,23,24). The van der Waals surface area contributed by atoms with Crippen molar-refractivity contribution >= 4 is 17.5 Å². The minimum absolute atomic E-state index is 0.0435. The fourth-order valence-electron chi connectivity index (χ4n) is 2.22. The van der Waals surface area contributed by atoms with Crippen LogP contribution in [-0.4, -0.2) is 9.97 Å². The maximum Gasteiger partial charge on any atom is 0.416 e. The van der Waals surface area contributed by atoms with E-state index in [-0.39, 0.29) is 11.6 Å². The second-order valence-electron chi connectivity index (χ2n) is 5.08. The maximum atomic E-state index is 12.8. The Bertz CT molecular complexity index is 848. The highest BCUT2D eigenvalue weighted by Gasteiger charge is 2.30. The number of aromatic nitrogens is 2. The lowest BCUT2D eigenvalue weighted by atomic mass is 10.1. The van der Waals surface area contributed by atoms with E-state index in [0.717, 1.165) is 29.5 Å². The Morgan fingerprint density at radius 2 is 1.62 bits per heavy atom. The molecule has 2 heterocycles. The number of rotatable bonds is 3. The average Bonchev–Trinajstić information content (AvgIpc) is 2.54. The molecule has 0 saturated carbocycles. The normalized spacial score (nSPS) is 11.3. The molecule has 0 fully saturated rings. The molecule has 3 aromatic rings. The number of anilines is 3. The van der Waals surface area contributed by atoms with Gasteiger partial charge in [0.25, 0.3) is 0 Å². The van der Waals surface area contributed by atoms with E-state index in [2.05, 4.69) is 15.3 Å². The fourth-order valence-corrected chi connectivity index (χ4v) is 2.22. The first-order valence-corrected chi connectivity index (χ1v) is 7.05. The van der Waals surface area contributed by atoms with Crippen LogP contribution < -0.4 is 11.1 Å². The topological polar surface area (TPSA) is 63.8 Å². The number of benzene rings is 1. The van der Waals surface area contributed by atoms with Gasteiger partial charge in [-0.15, -0.1) is 0 Å². The molecule has 0 atom stereocenters. The zero-order valence-corrected chi connectivity index (χ0v) is 12.4. The van der Waals surface area contributed by atoms with Gasteiger partial charge < -0.3 is 11.1 Å². The smallest absolute Gasteiger partial charge is 0.384 e. The third kappa shape index (κ3) is 3.62. The van der Waals surface area contributed by atoms with Crippen LogP contribution in [0.3, 0.4) is 0 Å². The first-order chi connectivity index (χ1) is 11.4. The predicted molar refractivity (Wildman–Crippen MR) is 86.6 cm³/mol. The van der Waals surface area contributed by atoms with Gasteiger partial charge in [0, 0.05) is 6.20 Å². The molecule has 2 aromatic heterocycles. The van der Waals surface area contributed by atoms with Crippen molar-refractivity contribution in [2.75, 3.05) is 11.1 Å². The van der Waals surface area contributed by atoms with Gasteiger partial charge in [0.15, 0.2) is 0 Å². The van der Waals surface area contributed by atoms with Crippen molar-refractivity contribution in [3.63, 3.8) is 0 Å². The van der Waals surface area contributed by atoms with E-state index in [1.165, 1.54) is 0 Å². The summed E-state index contributed by atoms with van der Waals surface area (Å²) in [6.07, 6.45) is -3.34. The fraction of sp³-hybridized carbons (Fsp3) is 0.0588. The van der Waals surface area contributed by atoms with Crippen molar-refractivity contribution in [2.24, 2.45) is 0 Å². The molecule has 3 rings (SSSR count). The second-order valence-corrected chi connectivity index (χ2v) is 5.08. The molecule has 0 aliphatic carbocycles. The minimum Gasteiger partial charge on any atom is -0.384 e. The lowest BCUT2D eigenvalue weighted by molar-refractivity contribution is -0.137. The zero-order chi connectivity index (χ0) is 17.2. The molecule has 0 unspecified atom stereocenters. The van der Waals surface area contributed by atoms with E-state index in [1.807, 2.05) is 30.3 Å². The van der Waals surface area contributed by atoms with E-state index < -0.39 is 11.7 Å². The molecule has 0 aliphatic rings. The Labute approximate surface area is 136 Å². The SMILES string of the molecule is Nc1cc(-c2ccccc2)cc(Nc2cc(C(F)(F)F)ccn2)n1. The molecule has 0 spiro atoms. The largest absolute Gasteiger partial charge is 0.416 e. The van der Waals surface area contributed by atoms with Gasteiger partial charge in [-0.05, 0) is 35.4 Å². The second kappa shape index (κ2) is 6.19. The van der Waals surface area contributed by atoms with Crippen molar-refractivity contribution in [3.05, 3.63) is 66.4 Å². The number of pyridine rings is 2. The Morgan fingerprint density at radius 1 is 0.875 bits per heavy atom. The van der Waals surface area contributed by atoms with Crippen molar-refractivity contribution in [1.82, 2.24) is 9.97 Å². The van der Waals surface area contributed by atoms with Crippen molar-refractivity contribution in [1.29, 1.82) is 0 Å². The van der Waals surface area contributed by atoms with Crippen LogP contribution in [0.25, 0.3) is 11.1 Å². The van der Waals surface area contributed by atoms with Gasteiger partial charge in [-0.1, -0.05) is 30.3 Å². The molecule has 0 bridgehead atoms. The number of nitrogens with one attached hydrogen (secondary N) is 1. The molecule has 4 nitrogen and oxygen atoms in total. The summed E-state index contributed by atoms with van der Waals surface area (Å²) in [5, 5.41) is 2.77. The van der Waals surface area contributed by atoms with Crippen LogP contribution in [-0.2, 0) is 6.18 Å². The number of hydrogen-bond acceptors (Lipinski definition) is 4. The molecule has 122 valence electrons. The molecular weight excluding hydrogens is 317 g/mol. The summed E-state index contributed by atoms with van der Waals surface area (Å²) in [4.78, 5) is 7.98. The third-order valence-electron chi connectivity index (χ3n) is 3.30. The van der Waals surface area contributed by atoms with Gasteiger partial charge in [-0.25, -0.2) is 9.97 Å². The first kappa shape index (κ1) is 15.8. The van der Waals surface area contributed by atoms with Crippen LogP contribution in [0.2, 0.25) is 0 Å². The highest BCUT2D eigenvalue weighted by atomic mass is 19.4. The molecule has 7 heteroatoms. The Hall–Kier alpha value is -3.09. The summed E-state index contributed by atoms with van der Waals surface area (Å²) in [6, 6.07) is 14.7. The highest BCUT2D eigenvalue weighted by Crippen LogP contribution is 2.31. The molecular formula is C17H13F3N4. The van der Waals surface area contributed by atoms with Gasteiger partial charge in [0.1, 0.15) is 17.5 Å². The first-order valence-electron chi connectivity index (χ1n) is 7.05. The van der Waals surface area contributed by atoms with Crippen molar-refractivity contribution in [3.8, 4) is 11.1 Å². The number of nitrogens with zero attached hydrogens (tertiary/aromatic N) is 2. The molecule has 3 N–H and O–H groups in total. The van der Waals surface area contributed by atoms with Crippen LogP contribution in [0.1, 0.15) is 5.56 Å². The lowest BCUT2D eigenvalue weighted by Gasteiger charge is -2.11. The number of alkyl halides is 3. The molecule has 0 amide bonds. The number of hydrogen-bond donors (Lipinski definition) is 2. The van der Waals surface area contributed by atoms with Crippen LogP contribution >= 0.6 is 0 Å². The summed E-state index contributed by atoms with van der Waals surface area (Å²) in [6.45, 7) is 0. The van der Waals surface area contributed by atoms with Crippen LogP contribution in [0, 0.1) is 0 Å². The van der Waals surface area contributed by atoms with E-state index in [1.54, 1.807) is 12.1 Å². The molecule has 0 radical (unpaired) electrons. The van der Waals surface area contributed by atoms with E-state index in [4.69, 9.17) is 5.73 Å². The Morgan fingerprint density at radius 3 is 2.33 bits per heavy atom. The van der Waals surface area contributed by atoms with E-state index in [0.29, 0.717) is 5.82 Å². The maximum absolute atomic E-state index is 12.8. The van der Waals surface area contributed by atoms with Gasteiger partial charge in [-0.2, -0.15) is 13.2 Å². The summed E-state index contributed by atoms with van der Waals surface area (Å²) in [5.41, 5.74) is 6.74. The predicted octanol–water partition coefficient (Wildman–Crippen LogP) is 4.49. The average molecular weight is 330 g/mol. The quantitative estimate of drug-likeness (QED) is 0.743. The molecule has 24 heavy (non-hydrogen) atoms. The van der Waals surface area contributed by atoms with Crippen LogP contribution in [0.5, 0.6) is 0 Å². The van der Waals surface area contributed by atoms with Gasteiger partial charge in [-0.3, -0.25) is 0 Å². The van der Waals surface area contributed by atoms with Gasteiger partial charge in [0.2, 0.25) is 0 Å². The van der Waals surface area contributed by atoms with Crippen molar-refractivity contribution in [2.45, 2.75) is 6.18 Å². The molecule has 1 aromatic carbocycles. The highest BCUT2D eigenvalue weighted by molar-refractivity contribution is 5.71. The van der Waals surface area contributed by atoms with E-state index >= 15 is 0 Å². The van der Waals surface area contributed by atoms with Crippen molar-refractivity contribution < 1.29 is 13.2 Å². The number of halogens is 3. The molecule has 0 saturated heterocycles. The Kier molecular flexibility index (Phi) is 4.07. The zero-order valence-electron chi connectivity index (χ0n) is 12.4. The van der Waals surface area contributed by atoms with Crippen LogP contribution in [0.4, 0.5) is 30.6 Å². The third-order valence-corrected chi connectivity index (χ3v) is 3.30. The number of nitrogen functional groups attached to an aromatic ring is 1. The Balaban J connectivity index is 1.92. The lowest BCUT2D eigenvalue weighted by Crippen LogP contribution is -2.06. The summed E-state index contributed by atoms with van der Waals surface area (Å²) in [5.74, 6) is 0.619. The molecule has 0 aliphatic heterocycles. The van der Waals surface area contributed by atoms with Crippen LogP contribution in [0.15, 0.2) is 60.8 Å². The summed E-state index contributed by atoms with van der Waals surface area (Å²) >= 11 is 0. The monoisotopic (exact) mass is 330 g/mol. The minimum atomic E-state index is -4.43. The van der Waals surface area contributed by atoms with Gasteiger partial charge in [0.05, 0.1) is 5.56 Å². The van der Waals surface area contributed by atoms with E-state index in [9.17, 15) is 13.2 Å². The number of nitrogens with two attached hydrogens (primary N) is 1. The summed E-state index contributed by atoms with van der Waals surface area (Å²) in [7, 11) is 0. The summed E-state index contributed by atoms with van der Waals surface area (Å²) < 4.78 is 38.3.